The number of carbonyl (C=O) groups is 2. The highest BCUT2D eigenvalue weighted by Crippen LogP contribution is 2.43. The number of fused-ring (bicyclic) bond motifs is 1. The standard InChI is InChI=1S/C29H25ClN2O5/c1-3-37-19-12-13-23(30)21(14-19)27(33)25-26(22-15-31-24-7-5-4-6-20(22)24)32(29(35)28(25)34)16-17-8-10-18(36-2)11-9-17/h4-15,26,31,33H,3,16H2,1-2H3/b27-25+. The van der Waals surface area contributed by atoms with E-state index >= 15 is 0 Å². The Balaban J connectivity index is 1.68. The summed E-state index contributed by atoms with van der Waals surface area (Å²) < 4.78 is 10.8. The molecule has 5 rings (SSSR count). The van der Waals surface area contributed by atoms with Gasteiger partial charge in [0.25, 0.3) is 11.7 Å². The van der Waals surface area contributed by atoms with Gasteiger partial charge in [0.15, 0.2) is 0 Å². The molecular formula is C29H25ClN2O5. The molecule has 1 aromatic heterocycles. The van der Waals surface area contributed by atoms with Crippen LogP contribution in [0.5, 0.6) is 11.5 Å². The van der Waals surface area contributed by atoms with E-state index in [2.05, 4.69) is 4.98 Å². The van der Waals surface area contributed by atoms with E-state index in [0.717, 1.165) is 16.5 Å². The zero-order valence-electron chi connectivity index (χ0n) is 20.3. The van der Waals surface area contributed by atoms with Gasteiger partial charge in [0.1, 0.15) is 17.3 Å². The fraction of sp³-hybridized carbons (Fsp3) is 0.172. The second kappa shape index (κ2) is 10.0. The Morgan fingerprint density at radius 2 is 1.78 bits per heavy atom. The van der Waals surface area contributed by atoms with Crippen LogP contribution in [0, 0.1) is 0 Å². The van der Waals surface area contributed by atoms with Gasteiger partial charge in [0.2, 0.25) is 0 Å². The molecule has 1 fully saturated rings. The van der Waals surface area contributed by atoms with Crippen molar-refractivity contribution in [2.45, 2.75) is 19.5 Å². The molecule has 1 aliphatic rings. The fourth-order valence-electron chi connectivity index (χ4n) is 4.70. The number of nitrogens with zero attached hydrogens (tertiary/aromatic N) is 1. The number of aliphatic hydroxyl groups excluding tert-OH is 1. The molecular weight excluding hydrogens is 492 g/mol. The van der Waals surface area contributed by atoms with Crippen LogP contribution in [-0.2, 0) is 16.1 Å². The predicted molar refractivity (Wildman–Crippen MR) is 142 cm³/mol. The van der Waals surface area contributed by atoms with Gasteiger partial charge in [-0.3, -0.25) is 9.59 Å². The minimum absolute atomic E-state index is 0.0289. The van der Waals surface area contributed by atoms with Crippen LogP contribution in [0.4, 0.5) is 0 Å². The Morgan fingerprint density at radius 1 is 1.05 bits per heavy atom. The summed E-state index contributed by atoms with van der Waals surface area (Å²) in [5, 5.41) is 12.6. The summed E-state index contributed by atoms with van der Waals surface area (Å²) in [6, 6.07) is 18.9. The van der Waals surface area contributed by atoms with E-state index in [-0.39, 0.29) is 28.5 Å². The van der Waals surface area contributed by atoms with Crippen LogP contribution in [0.3, 0.4) is 0 Å². The van der Waals surface area contributed by atoms with Gasteiger partial charge >= 0.3 is 0 Å². The third-order valence-electron chi connectivity index (χ3n) is 6.47. The molecule has 1 aliphatic heterocycles. The molecule has 1 saturated heterocycles. The van der Waals surface area contributed by atoms with Gasteiger partial charge in [-0.25, -0.2) is 0 Å². The molecule has 8 heteroatoms. The number of halogens is 1. The summed E-state index contributed by atoms with van der Waals surface area (Å²) >= 11 is 6.44. The number of ether oxygens (including phenoxy) is 2. The Kier molecular flexibility index (Phi) is 6.63. The molecule has 3 aromatic carbocycles. The fourth-order valence-corrected chi connectivity index (χ4v) is 4.91. The minimum atomic E-state index is -0.843. The summed E-state index contributed by atoms with van der Waals surface area (Å²) in [6.07, 6.45) is 1.77. The second-order valence-corrected chi connectivity index (χ2v) is 9.05. The van der Waals surface area contributed by atoms with E-state index in [4.69, 9.17) is 21.1 Å². The molecule has 0 spiro atoms. The zero-order valence-corrected chi connectivity index (χ0v) is 21.1. The molecule has 37 heavy (non-hydrogen) atoms. The Morgan fingerprint density at radius 3 is 2.51 bits per heavy atom. The number of carbonyl (C=O) groups excluding carboxylic acids is 2. The number of Topliss-reactive ketones (excluding diaryl/α,β-unsaturated/α-hetero) is 1. The highest BCUT2D eigenvalue weighted by atomic mass is 35.5. The molecule has 1 unspecified atom stereocenters. The summed E-state index contributed by atoms with van der Waals surface area (Å²) in [6.45, 7) is 2.42. The van der Waals surface area contributed by atoms with E-state index in [1.54, 1.807) is 43.6 Å². The van der Waals surface area contributed by atoms with Crippen molar-refractivity contribution in [2.75, 3.05) is 13.7 Å². The van der Waals surface area contributed by atoms with Crippen LogP contribution in [0.2, 0.25) is 5.02 Å². The number of benzene rings is 3. The summed E-state index contributed by atoms with van der Waals surface area (Å²) in [5.41, 5.74) is 2.55. The van der Waals surface area contributed by atoms with Crippen LogP contribution in [0.15, 0.2) is 78.5 Å². The van der Waals surface area contributed by atoms with Crippen LogP contribution < -0.4 is 9.47 Å². The van der Waals surface area contributed by atoms with Gasteiger partial charge in [-0.05, 0) is 48.9 Å². The number of hydrogen-bond acceptors (Lipinski definition) is 5. The zero-order chi connectivity index (χ0) is 26.1. The molecule has 7 nitrogen and oxygen atoms in total. The predicted octanol–water partition coefficient (Wildman–Crippen LogP) is 5.85. The van der Waals surface area contributed by atoms with Crippen molar-refractivity contribution < 1.29 is 24.2 Å². The quantitative estimate of drug-likeness (QED) is 0.183. The van der Waals surface area contributed by atoms with E-state index < -0.39 is 17.7 Å². The number of para-hydroxylation sites is 1. The maximum absolute atomic E-state index is 13.5. The topological polar surface area (TPSA) is 91.9 Å². The molecule has 2 N–H and O–H groups in total. The first kappa shape index (κ1) is 24.5. The van der Waals surface area contributed by atoms with Gasteiger partial charge in [0, 0.05) is 34.8 Å². The summed E-state index contributed by atoms with van der Waals surface area (Å²) in [7, 11) is 1.58. The molecule has 2 heterocycles. The molecule has 1 atom stereocenters. The number of nitrogens with one attached hydrogen (secondary N) is 1. The van der Waals surface area contributed by atoms with Gasteiger partial charge in [-0.15, -0.1) is 0 Å². The third-order valence-corrected chi connectivity index (χ3v) is 6.80. The van der Waals surface area contributed by atoms with E-state index in [9.17, 15) is 14.7 Å². The largest absolute Gasteiger partial charge is 0.507 e. The maximum Gasteiger partial charge on any atom is 0.295 e. The van der Waals surface area contributed by atoms with Gasteiger partial charge < -0.3 is 24.5 Å². The molecule has 4 aromatic rings. The number of H-pyrrole nitrogens is 1. The number of hydrogen-bond donors (Lipinski definition) is 2. The summed E-state index contributed by atoms with van der Waals surface area (Å²) in [4.78, 5) is 31.6. The minimum Gasteiger partial charge on any atom is -0.507 e. The lowest BCUT2D eigenvalue weighted by atomic mass is 9.94. The van der Waals surface area contributed by atoms with Crippen LogP contribution in [0.25, 0.3) is 16.7 Å². The smallest absolute Gasteiger partial charge is 0.295 e. The molecule has 1 amide bonds. The average Bonchev–Trinajstić information content (AvgIpc) is 3.44. The first-order valence-electron chi connectivity index (χ1n) is 11.8. The van der Waals surface area contributed by atoms with Crippen LogP contribution in [-0.4, -0.2) is 40.4 Å². The van der Waals surface area contributed by atoms with E-state index in [1.165, 1.54) is 4.90 Å². The molecule has 188 valence electrons. The Bertz CT molecular complexity index is 1520. The maximum atomic E-state index is 13.5. The van der Waals surface area contributed by atoms with E-state index in [1.807, 2.05) is 43.3 Å². The first-order chi connectivity index (χ1) is 17.9. The van der Waals surface area contributed by atoms with Crippen molar-refractivity contribution in [2.24, 2.45) is 0 Å². The van der Waals surface area contributed by atoms with E-state index in [0.29, 0.717) is 23.7 Å². The number of methoxy groups -OCH3 is 1. The number of rotatable bonds is 7. The highest BCUT2D eigenvalue weighted by Gasteiger charge is 2.47. The number of amides is 1. The SMILES string of the molecule is CCOc1ccc(Cl)c(/C(O)=C2\C(=O)C(=O)N(Cc3ccc(OC)cc3)C2c2c[nH]c3ccccc23)c1. The lowest BCUT2D eigenvalue weighted by Crippen LogP contribution is -2.29. The van der Waals surface area contributed by atoms with Crippen LogP contribution in [0.1, 0.15) is 29.7 Å². The number of aromatic amines is 1. The molecule has 0 radical (unpaired) electrons. The van der Waals surface area contributed by atoms with Crippen molar-refractivity contribution in [1.29, 1.82) is 0 Å². The Labute approximate surface area is 218 Å². The lowest BCUT2D eigenvalue weighted by Gasteiger charge is -2.25. The van der Waals surface area contributed by atoms with Crippen molar-refractivity contribution in [1.82, 2.24) is 9.88 Å². The van der Waals surface area contributed by atoms with Gasteiger partial charge in [-0.2, -0.15) is 0 Å². The Hall–Kier alpha value is -4.23. The van der Waals surface area contributed by atoms with Crippen molar-refractivity contribution >= 4 is 40.0 Å². The monoisotopic (exact) mass is 516 g/mol. The number of aromatic nitrogens is 1. The van der Waals surface area contributed by atoms with Crippen molar-refractivity contribution in [3.63, 3.8) is 0 Å². The van der Waals surface area contributed by atoms with Crippen LogP contribution >= 0.6 is 11.6 Å². The average molecular weight is 517 g/mol. The van der Waals surface area contributed by atoms with Crippen molar-refractivity contribution in [3.8, 4) is 11.5 Å². The van der Waals surface area contributed by atoms with Gasteiger partial charge in [-0.1, -0.05) is 41.9 Å². The molecule has 0 saturated carbocycles. The number of aliphatic hydroxyl groups is 1. The molecule has 0 aliphatic carbocycles. The second-order valence-electron chi connectivity index (χ2n) is 8.64. The third kappa shape index (κ3) is 4.42. The number of likely N-dealkylation sites (tertiary alicyclic amines) is 1. The highest BCUT2D eigenvalue weighted by molar-refractivity contribution is 6.47. The van der Waals surface area contributed by atoms with Gasteiger partial charge in [0.05, 0.1) is 30.4 Å². The lowest BCUT2D eigenvalue weighted by molar-refractivity contribution is -0.140. The first-order valence-corrected chi connectivity index (χ1v) is 12.2. The molecule has 0 bridgehead atoms. The summed E-state index contributed by atoms with van der Waals surface area (Å²) in [5.74, 6) is -0.659. The van der Waals surface area contributed by atoms with Crippen molar-refractivity contribution in [3.05, 3.63) is 100 Å². The normalized spacial score (nSPS) is 16.9. The number of ketones is 1.